The summed E-state index contributed by atoms with van der Waals surface area (Å²) in [6.07, 6.45) is 1.96. The monoisotopic (exact) mass is 469 g/mol. The van der Waals surface area contributed by atoms with Crippen LogP contribution in [0.3, 0.4) is 0 Å². The summed E-state index contributed by atoms with van der Waals surface area (Å²) < 4.78 is 17.6. The number of amides is 1. The molecule has 0 radical (unpaired) electrons. The smallest absolute Gasteiger partial charge is 0.295 e. The summed E-state index contributed by atoms with van der Waals surface area (Å²) in [5, 5.41) is 0.461. The Hall–Kier alpha value is -4.06. The van der Waals surface area contributed by atoms with Crippen molar-refractivity contribution in [3.05, 3.63) is 99.4 Å². The Balaban J connectivity index is 1.71. The lowest BCUT2D eigenvalue weighted by atomic mass is 9.97. The Kier molecular flexibility index (Phi) is 6.03. The number of unbranched alkanes of at least 4 members (excludes halogenated alkanes) is 1. The number of aryl methyl sites for hydroxylation is 1. The summed E-state index contributed by atoms with van der Waals surface area (Å²) in [6, 6.07) is 19.6. The fraction of sp³-hybridized carbons (Fsp3) is 0.241. The van der Waals surface area contributed by atoms with Gasteiger partial charge >= 0.3 is 0 Å². The van der Waals surface area contributed by atoms with Crippen LogP contribution in [0.1, 0.15) is 53.1 Å². The van der Waals surface area contributed by atoms with Crippen molar-refractivity contribution in [2.24, 2.45) is 0 Å². The Morgan fingerprint density at radius 1 is 0.971 bits per heavy atom. The fourth-order valence-electron chi connectivity index (χ4n) is 4.56. The van der Waals surface area contributed by atoms with E-state index in [-0.39, 0.29) is 17.1 Å². The van der Waals surface area contributed by atoms with Gasteiger partial charge in [-0.05, 0) is 55.3 Å². The van der Waals surface area contributed by atoms with Crippen LogP contribution in [0, 0.1) is 6.92 Å². The van der Waals surface area contributed by atoms with Crippen molar-refractivity contribution in [3.63, 3.8) is 0 Å². The number of nitrogens with zero attached hydrogens (tertiary/aromatic N) is 1. The van der Waals surface area contributed by atoms with Gasteiger partial charge < -0.3 is 13.9 Å². The molecule has 3 aromatic carbocycles. The molecule has 0 saturated carbocycles. The van der Waals surface area contributed by atoms with Gasteiger partial charge in [-0.1, -0.05) is 49.2 Å². The number of anilines is 1. The van der Waals surface area contributed by atoms with Gasteiger partial charge in [0, 0.05) is 5.69 Å². The predicted molar refractivity (Wildman–Crippen MR) is 136 cm³/mol. The van der Waals surface area contributed by atoms with Crippen LogP contribution >= 0.6 is 0 Å². The zero-order valence-corrected chi connectivity index (χ0v) is 20.0. The molecule has 0 bridgehead atoms. The Morgan fingerprint density at radius 2 is 1.77 bits per heavy atom. The molecule has 4 aromatic rings. The number of para-hydroxylation sites is 1. The highest BCUT2D eigenvalue weighted by Crippen LogP contribution is 2.43. The normalized spacial score (nSPS) is 14.9. The SMILES string of the molecule is CCCCOc1ccc(C2c3c(oc4ccc(C)cc4c3=O)C(=O)N2c2ccccc2)cc1OC. The van der Waals surface area contributed by atoms with E-state index in [1.165, 1.54) is 0 Å². The van der Waals surface area contributed by atoms with Crippen molar-refractivity contribution in [3.8, 4) is 11.5 Å². The highest BCUT2D eigenvalue weighted by molar-refractivity contribution is 6.10. The third-order valence-electron chi connectivity index (χ3n) is 6.32. The maximum Gasteiger partial charge on any atom is 0.295 e. The van der Waals surface area contributed by atoms with E-state index in [2.05, 4.69) is 6.92 Å². The van der Waals surface area contributed by atoms with Gasteiger partial charge in [0.05, 0.1) is 30.7 Å². The molecular weight excluding hydrogens is 442 g/mol. The summed E-state index contributed by atoms with van der Waals surface area (Å²) in [7, 11) is 1.58. The van der Waals surface area contributed by atoms with Crippen LogP contribution < -0.4 is 19.8 Å². The first kappa shape index (κ1) is 22.7. The molecule has 1 amide bonds. The van der Waals surface area contributed by atoms with Crippen molar-refractivity contribution in [1.29, 1.82) is 0 Å². The number of ether oxygens (including phenoxy) is 2. The maximum atomic E-state index is 13.8. The molecule has 1 atom stereocenters. The molecule has 0 fully saturated rings. The standard InChI is InChI=1S/C29H27NO5/c1-4-5-15-34-23-14-12-19(17-24(23)33-3)26-25-27(31)21-16-18(2)11-13-22(21)35-28(25)29(32)30(26)20-9-7-6-8-10-20/h6-14,16-17,26H,4-5,15H2,1-3H3. The molecule has 0 aliphatic carbocycles. The largest absolute Gasteiger partial charge is 0.493 e. The zero-order valence-electron chi connectivity index (χ0n) is 20.0. The third kappa shape index (κ3) is 3.95. The Morgan fingerprint density at radius 3 is 2.51 bits per heavy atom. The summed E-state index contributed by atoms with van der Waals surface area (Å²) in [5.74, 6) is 0.899. The van der Waals surface area contributed by atoms with Crippen LogP contribution in [0.4, 0.5) is 5.69 Å². The van der Waals surface area contributed by atoms with E-state index < -0.39 is 6.04 Å². The highest BCUT2D eigenvalue weighted by Gasteiger charge is 2.43. The third-order valence-corrected chi connectivity index (χ3v) is 6.32. The van der Waals surface area contributed by atoms with Crippen molar-refractivity contribution in [2.75, 3.05) is 18.6 Å². The van der Waals surface area contributed by atoms with Gasteiger partial charge in [0.25, 0.3) is 5.91 Å². The molecule has 1 aliphatic heterocycles. The molecule has 6 nitrogen and oxygen atoms in total. The molecule has 35 heavy (non-hydrogen) atoms. The van der Waals surface area contributed by atoms with Crippen LogP contribution in [0.25, 0.3) is 11.0 Å². The molecule has 2 heterocycles. The molecule has 1 unspecified atom stereocenters. The zero-order chi connectivity index (χ0) is 24.5. The van der Waals surface area contributed by atoms with Crippen LogP contribution in [0.5, 0.6) is 11.5 Å². The molecule has 0 N–H and O–H groups in total. The average molecular weight is 470 g/mol. The van der Waals surface area contributed by atoms with E-state index in [1.807, 2.05) is 61.5 Å². The number of carbonyl (C=O) groups is 1. The second-order valence-corrected chi connectivity index (χ2v) is 8.70. The fourth-order valence-corrected chi connectivity index (χ4v) is 4.56. The molecule has 178 valence electrons. The molecular formula is C29H27NO5. The molecule has 1 aliphatic rings. The van der Waals surface area contributed by atoms with Crippen molar-refractivity contribution < 1.29 is 18.7 Å². The van der Waals surface area contributed by atoms with Crippen LogP contribution in [-0.4, -0.2) is 19.6 Å². The molecule has 1 aromatic heterocycles. The number of carbonyl (C=O) groups excluding carboxylic acids is 1. The van der Waals surface area contributed by atoms with Crippen LogP contribution in [-0.2, 0) is 0 Å². The van der Waals surface area contributed by atoms with E-state index in [0.717, 1.165) is 24.0 Å². The van der Waals surface area contributed by atoms with Gasteiger partial charge in [-0.25, -0.2) is 0 Å². The lowest BCUT2D eigenvalue weighted by Crippen LogP contribution is -2.29. The van der Waals surface area contributed by atoms with Gasteiger partial charge in [0.15, 0.2) is 16.9 Å². The number of benzene rings is 3. The van der Waals surface area contributed by atoms with Crippen molar-refractivity contribution >= 4 is 22.6 Å². The summed E-state index contributed by atoms with van der Waals surface area (Å²) in [6.45, 7) is 4.61. The Bertz CT molecular complexity index is 1460. The van der Waals surface area contributed by atoms with Gasteiger partial charge in [-0.3, -0.25) is 14.5 Å². The minimum absolute atomic E-state index is 0.0717. The van der Waals surface area contributed by atoms with Gasteiger partial charge in [0.1, 0.15) is 5.58 Å². The van der Waals surface area contributed by atoms with Crippen molar-refractivity contribution in [1.82, 2.24) is 0 Å². The quantitative estimate of drug-likeness (QED) is 0.309. The van der Waals surface area contributed by atoms with E-state index in [0.29, 0.717) is 40.3 Å². The van der Waals surface area contributed by atoms with Gasteiger partial charge in [-0.2, -0.15) is 0 Å². The molecule has 0 spiro atoms. The molecule has 5 rings (SSSR count). The number of fused-ring (bicyclic) bond motifs is 2. The van der Waals surface area contributed by atoms with E-state index >= 15 is 0 Å². The highest BCUT2D eigenvalue weighted by atomic mass is 16.5. The summed E-state index contributed by atoms with van der Waals surface area (Å²) in [4.78, 5) is 29.1. The lowest BCUT2D eigenvalue weighted by molar-refractivity contribution is 0.0971. The Labute approximate surface area is 203 Å². The first-order valence-corrected chi connectivity index (χ1v) is 11.8. The van der Waals surface area contributed by atoms with Gasteiger partial charge in [-0.15, -0.1) is 0 Å². The molecule has 6 heteroatoms. The topological polar surface area (TPSA) is 69.0 Å². The molecule has 0 saturated heterocycles. The second-order valence-electron chi connectivity index (χ2n) is 8.70. The van der Waals surface area contributed by atoms with Crippen molar-refractivity contribution in [2.45, 2.75) is 32.7 Å². The lowest BCUT2D eigenvalue weighted by Gasteiger charge is -2.26. The number of hydrogen-bond acceptors (Lipinski definition) is 5. The first-order chi connectivity index (χ1) is 17.0. The van der Waals surface area contributed by atoms with Crippen LogP contribution in [0.2, 0.25) is 0 Å². The second kappa shape index (κ2) is 9.29. The predicted octanol–water partition coefficient (Wildman–Crippen LogP) is 6.04. The maximum absolute atomic E-state index is 13.8. The number of methoxy groups -OCH3 is 1. The van der Waals surface area contributed by atoms with Gasteiger partial charge in [0.2, 0.25) is 5.76 Å². The minimum Gasteiger partial charge on any atom is -0.493 e. The minimum atomic E-state index is -0.667. The average Bonchev–Trinajstić information content (AvgIpc) is 3.17. The van der Waals surface area contributed by atoms with Crippen LogP contribution in [0.15, 0.2) is 75.9 Å². The van der Waals surface area contributed by atoms with E-state index in [1.54, 1.807) is 24.1 Å². The first-order valence-electron chi connectivity index (χ1n) is 11.8. The van der Waals surface area contributed by atoms with E-state index in [9.17, 15) is 9.59 Å². The van der Waals surface area contributed by atoms with E-state index in [4.69, 9.17) is 13.9 Å². The number of hydrogen-bond donors (Lipinski definition) is 0. The summed E-state index contributed by atoms with van der Waals surface area (Å²) in [5.41, 5.74) is 2.89. The summed E-state index contributed by atoms with van der Waals surface area (Å²) >= 11 is 0. The number of rotatable bonds is 7.